The van der Waals surface area contributed by atoms with E-state index in [2.05, 4.69) is 29.4 Å². The molecule has 0 aromatic heterocycles. The summed E-state index contributed by atoms with van der Waals surface area (Å²) in [6, 6.07) is 0.247. The third-order valence-electron chi connectivity index (χ3n) is 3.69. The molecule has 0 radical (unpaired) electrons. The molecule has 0 saturated carbocycles. The lowest BCUT2D eigenvalue weighted by atomic mass is 9.97. The first-order valence-electron chi connectivity index (χ1n) is 8.19. The van der Waals surface area contributed by atoms with Crippen molar-refractivity contribution in [1.29, 1.82) is 0 Å². The minimum absolute atomic E-state index is 0.181. The molecule has 0 aromatic rings. The molecule has 1 aliphatic rings. The fourth-order valence-electron chi connectivity index (χ4n) is 2.75. The molecule has 1 atom stereocenters. The molecule has 1 saturated heterocycles. The third kappa shape index (κ3) is 7.85. The maximum absolute atomic E-state index is 11.7. The first-order valence-corrected chi connectivity index (χ1v) is 8.19. The summed E-state index contributed by atoms with van der Waals surface area (Å²) in [6.45, 7) is 13.9. The molecule has 2 N–H and O–H groups in total. The SMILES string of the molecule is CC(C)CNCC1CCCN(CCC(=O)NC(C)C)C1. The van der Waals surface area contributed by atoms with Gasteiger partial charge in [0.25, 0.3) is 0 Å². The van der Waals surface area contributed by atoms with E-state index in [4.69, 9.17) is 0 Å². The van der Waals surface area contributed by atoms with E-state index in [9.17, 15) is 4.79 Å². The maximum Gasteiger partial charge on any atom is 0.221 e. The van der Waals surface area contributed by atoms with Gasteiger partial charge in [0.05, 0.1) is 0 Å². The van der Waals surface area contributed by atoms with Crippen LogP contribution in [0.3, 0.4) is 0 Å². The topological polar surface area (TPSA) is 44.4 Å². The van der Waals surface area contributed by atoms with Gasteiger partial charge in [0.2, 0.25) is 5.91 Å². The lowest BCUT2D eigenvalue weighted by Gasteiger charge is -2.33. The van der Waals surface area contributed by atoms with Crippen LogP contribution in [0.25, 0.3) is 0 Å². The highest BCUT2D eigenvalue weighted by Gasteiger charge is 2.20. The summed E-state index contributed by atoms with van der Waals surface area (Å²) in [6.07, 6.45) is 3.21. The number of nitrogens with one attached hydrogen (secondary N) is 2. The van der Waals surface area contributed by atoms with E-state index in [0.29, 0.717) is 6.42 Å². The zero-order valence-electron chi connectivity index (χ0n) is 13.7. The minimum Gasteiger partial charge on any atom is -0.354 e. The van der Waals surface area contributed by atoms with Gasteiger partial charge >= 0.3 is 0 Å². The second-order valence-corrected chi connectivity index (χ2v) is 6.83. The summed E-state index contributed by atoms with van der Waals surface area (Å²) in [5.74, 6) is 1.64. The van der Waals surface area contributed by atoms with Gasteiger partial charge in [0.15, 0.2) is 0 Å². The van der Waals surface area contributed by atoms with Crippen LogP contribution in [-0.2, 0) is 4.79 Å². The standard InChI is InChI=1S/C16H33N3O/c1-13(2)10-17-11-15-6-5-8-19(12-15)9-7-16(20)18-14(3)4/h13-15,17H,5-12H2,1-4H3,(H,18,20). The van der Waals surface area contributed by atoms with Gasteiger partial charge in [-0.25, -0.2) is 0 Å². The van der Waals surface area contributed by atoms with Crippen molar-refractivity contribution in [1.82, 2.24) is 15.5 Å². The number of rotatable bonds is 8. The highest BCUT2D eigenvalue weighted by Crippen LogP contribution is 2.15. The maximum atomic E-state index is 11.7. The first-order chi connectivity index (χ1) is 9.47. The van der Waals surface area contributed by atoms with Crippen LogP contribution >= 0.6 is 0 Å². The van der Waals surface area contributed by atoms with Crippen LogP contribution in [0.15, 0.2) is 0 Å². The summed E-state index contributed by atoms with van der Waals surface area (Å²) in [5.41, 5.74) is 0. The molecular formula is C16H33N3O. The zero-order chi connectivity index (χ0) is 15.0. The Morgan fingerprint density at radius 2 is 2.05 bits per heavy atom. The Morgan fingerprint density at radius 1 is 1.30 bits per heavy atom. The lowest BCUT2D eigenvalue weighted by Crippen LogP contribution is -2.42. The Balaban J connectivity index is 2.18. The number of hydrogen-bond donors (Lipinski definition) is 2. The average molecular weight is 283 g/mol. The zero-order valence-corrected chi connectivity index (χ0v) is 13.7. The highest BCUT2D eigenvalue weighted by atomic mass is 16.1. The van der Waals surface area contributed by atoms with E-state index in [1.54, 1.807) is 0 Å². The van der Waals surface area contributed by atoms with Crippen LogP contribution in [0.4, 0.5) is 0 Å². The molecule has 0 aliphatic carbocycles. The van der Waals surface area contributed by atoms with E-state index in [1.165, 1.54) is 12.8 Å². The van der Waals surface area contributed by atoms with E-state index in [-0.39, 0.29) is 11.9 Å². The van der Waals surface area contributed by atoms with Gasteiger partial charge in [0, 0.05) is 25.6 Å². The number of nitrogens with zero attached hydrogens (tertiary/aromatic N) is 1. The van der Waals surface area contributed by atoms with Gasteiger partial charge in [0.1, 0.15) is 0 Å². The van der Waals surface area contributed by atoms with Crippen LogP contribution in [0, 0.1) is 11.8 Å². The van der Waals surface area contributed by atoms with Gasteiger partial charge < -0.3 is 15.5 Å². The van der Waals surface area contributed by atoms with Crippen molar-refractivity contribution in [2.75, 3.05) is 32.7 Å². The number of likely N-dealkylation sites (tertiary alicyclic amines) is 1. The van der Waals surface area contributed by atoms with E-state index < -0.39 is 0 Å². The van der Waals surface area contributed by atoms with Crippen LogP contribution in [-0.4, -0.2) is 49.6 Å². The summed E-state index contributed by atoms with van der Waals surface area (Å²) in [7, 11) is 0. The number of carbonyl (C=O) groups excluding carboxylic acids is 1. The van der Waals surface area contributed by atoms with Gasteiger partial charge in [-0.05, 0) is 58.2 Å². The van der Waals surface area contributed by atoms with Crippen molar-refractivity contribution in [2.45, 2.75) is 53.0 Å². The summed E-state index contributed by atoms with van der Waals surface area (Å²) >= 11 is 0. The number of carbonyl (C=O) groups is 1. The van der Waals surface area contributed by atoms with Crippen molar-refractivity contribution in [2.24, 2.45) is 11.8 Å². The smallest absolute Gasteiger partial charge is 0.221 e. The fourth-order valence-corrected chi connectivity index (χ4v) is 2.75. The molecular weight excluding hydrogens is 250 g/mol. The molecule has 0 bridgehead atoms. The molecule has 0 aromatic carbocycles. The van der Waals surface area contributed by atoms with Gasteiger partial charge in [-0.15, -0.1) is 0 Å². The quantitative estimate of drug-likeness (QED) is 0.714. The number of amides is 1. The van der Waals surface area contributed by atoms with E-state index >= 15 is 0 Å². The highest BCUT2D eigenvalue weighted by molar-refractivity contribution is 5.76. The third-order valence-corrected chi connectivity index (χ3v) is 3.69. The van der Waals surface area contributed by atoms with E-state index in [0.717, 1.165) is 44.6 Å². The fraction of sp³-hybridized carbons (Fsp3) is 0.938. The van der Waals surface area contributed by atoms with Crippen LogP contribution in [0.2, 0.25) is 0 Å². The normalized spacial score (nSPS) is 20.6. The Bertz CT molecular complexity index is 279. The first kappa shape index (κ1) is 17.4. The van der Waals surface area contributed by atoms with Crippen molar-refractivity contribution in [3.05, 3.63) is 0 Å². The summed E-state index contributed by atoms with van der Waals surface area (Å²) in [5, 5.41) is 6.52. The van der Waals surface area contributed by atoms with Gasteiger partial charge in [-0.1, -0.05) is 13.8 Å². The van der Waals surface area contributed by atoms with Crippen molar-refractivity contribution in [3.63, 3.8) is 0 Å². The van der Waals surface area contributed by atoms with Crippen molar-refractivity contribution in [3.8, 4) is 0 Å². The molecule has 1 amide bonds. The lowest BCUT2D eigenvalue weighted by molar-refractivity contribution is -0.122. The number of piperidine rings is 1. The number of hydrogen-bond acceptors (Lipinski definition) is 3. The van der Waals surface area contributed by atoms with E-state index in [1.807, 2.05) is 13.8 Å². The molecule has 4 nitrogen and oxygen atoms in total. The Morgan fingerprint density at radius 3 is 2.70 bits per heavy atom. The summed E-state index contributed by atoms with van der Waals surface area (Å²) in [4.78, 5) is 14.1. The molecule has 20 heavy (non-hydrogen) atoms. The largest absolute Gasteiger partial charge is 0.354 e. The minimum atomic E-state index is 0.181. The predicted octanol–water partition coefficient (Wildman–Crippen LogP) is 1.86. The van der Waals surface area contributed by atoms with Crippen molar-refractivity contribution >= 4 is 5.91 Å². The van der Waals surface area contributed by atoms with Crippen LogP contribution in [0.5, 0.6) is 0 Å². The monoisotopic (exact) mass is 283 g/mol. The molecule has 0 spiro atoms. The van der Waals surface area contributed by atoms with Crippen LogP contribution < -0.4 is 10.6 Å². The second kappa shape index (κ2) is 9.35. The Hall–Kier alpha value is -0.610. The van der Waals surface area contributed by atoms with Gasteiger partial charge in [-0.3, -0.25) is 4.79 Å². The molecule has 118 valence electrons. The molecule has 1 aliphatic heterocycles. The Labute approximate surface area is 124 Å². The molecule has 1 fully saturated rings. The molecule has 4 heteroatoms. The molecule has 1 heterocycles. The Kier molecular flexibility index (Phi) is 8.15. The van der Waals surface area contributed by atoms with Crippen molar-refractivity contribution < 1.29 is 4.79 Å². The second-order valence-electron chi connectivity index (χ2n) is 6.83. The van der Waals surface area contributed by atoms with Gasteiger partial charge in [-0.2, -0.15) is 0 Å². The molecule has 1 unspecified atom stereocenters. The van der Waals surface area contributed by atoms with Crippen LogP contribution in [0.1, 0.15) is 47.0 Å². The predicted molar refractivity (Wildman–Crippen MR) is 84.8 cm³/mol. The average Bonchev–Trinajstić information content (AvgIpc) is 2.36. The summed E-state index contributed by atoms with van der Waals surface area (Å²) < 4.78 is 0. The molecule has 1 rings (SSSR count).